The molecule has 1 heterocycles. The second kappa shape index (κ2) is 9.43. The fourth-order valence-electron chi connectivity index (χ4n) is 3.64. The van der Waals surface area contributed by atoms with E-state index in [2.05, 4.69) is 0 Å². The van der Waals surface area contributed by atoms with Gasteiger partial charge in [-0.25, -0.2) is 8.42 Å². The van der Waals surface area contributed by atoms with Gasteiger partial charge in [-0.2, -0.15) is 0 Å². The van der Waals surface area contributed by atoms with E-state index in [0.29, 0.717) is 16.8 Å². The van der Waals surface area contributed by atoms with Crippen LogP contribution in [0.1, 0.15) is 40.7 Å². The van der Waals surface area contributed by atoms with Crippen molar-refractivity contribution in [2.45, 2.75) is 31.9 Å². The average Bonchev–Trinajstić information content (AvgIpc) is 2.72. The van der Waals surface area contributed by atoms with E-state index in [1.165, 1.54) is 4.90 Å². The number of nitrogens with zero attached hydrogens (tertiary/aromatic N) is 2. The molecular weight excluding hydrogens is 400 g/mol. The van der Waals surface area contributed by atoms with Crippen molar-refractivity contribution in [1.82, 2.24) is 4.90 Å². The zero-order chi connectivity index (χ0) is 21.7. The van der Waals surface area contributed by atoms with Gasteiger partial charge in [0.2, 0.25) is 5.91 Å². The van der Waals surface area contributed by atoms with Crippen molar-refractivity contribution in [1.29, 1.82) is 0 Å². The number of anilines is 1. The largest absolute Gasteiger partial charge is 0.341 e. The summed E-state index contributed by atoms with van der Waals surface area (Å²) in [5, 5.41) is 0. The second-order valence-electron chi connectivity index (χ2n) is 7.94. The van der Waals surface area contributed by atoms with E-state index in [-0.39, 0.29) is 24.1 Å². The molecule has 1 aliphatic rings. The molecule has 3 rings (SSSR count). The summed E-state index contributed by atoms with van der Waals surface area (Å²) in [5.74, 6) is -0.527. The predicted octanol–water partition coefficient (Wildman–Crippen LogP) is 3.20. The third-order valence-corrected chi connectivity index (χ3v) is 6.05. The van der Waals surface area contributed by atoms with Crippen LogP contribution in [0.25, 0.3) is 0 Å². The lowest BCUT2D eigenvalue weighted by atomic mass is 10.1. The van der Waals surface area contributed by atoms with Gasteiger partial charge >= 0.3 is 0 Å². The van der Waals surface area contributed by atoms with Gasteiger partial charge in [0.25, 0.3) is 5.91 Å². The van der Waals surface area contributed by atoms with Crippen LogP contribution in [0.4, 0.5) is 5.69 Å². The van der Waals surface area contributed by atoms with Gasteiger partial charge in [-0.3, -0.25) is 14.5 Å². The van der Waals surface area contributed by atoms with Crippen molar-refractivity contribution in [3.63, 3.8) is 0 Å². The number of rotatable bonds is 6. The number of benzene rings is 2. The maximum Gasteiger partial charge on any atom is 0.258 e. The molecule has 0 spiro atoms. The molecule has 30 heavy (non-hydrogen) atoms. The number of likely N-dealkylation sites (tertiary alicyclic amines) is 1. The number of carbonyl (C=O) groups is 2. The smallest absolute Gasteiger partial charge is 0.258 e. The number of carbonyl (C=O) groups excluding carboxylic acids is 2. The van der Waals surface area contributed by atoms with E-state index >= 15 is 0 Å². The lowest BCUT2D eigenvalue weighted by molar-refractivity contribution is -0.130. The normalized spacial score (nSPS) is 14.4. The Balaban J connectivity index is 1.89. The Morgan fingerprint density at radius 3 is 2.30 bits per heavy atom. The van der Waals surface area contributed by atoms with E-state index < -0.39 is 9.84 Å². The lowest BCUT2D eigenvalue weighted by Crippen LogP contribution is -2.45. The van der Waals surface area contributed by atoms with Crippen LogP contribution in [-0.2, 0) is 20.4 Å². The summed E-state index contributed by atoms with van der Waals surface area (Å²) in [6, 6.07) is 14.1. The minimum atomic E-state index is -3.22. The van der Waals surface area contributed by atoms with Crippen LogP contribution in [-0.4, -0.2) is 51.0 Å². The predicted molar refractivity (Wildman–Crippen MR) is 118 cm³/mol. The van der Waals surface area contributed by atoms with E-state index in [1.807, 2.05) is 36.1 Å². The Morgan fingerprint density at radius 1 is 1.00 bits per heavy atom. The molecule has 2 aromatic rings. The minimum Gasteiger partial charge on any atom is -0.341 e. The van der Waals surface area contributed by atoms with Crippen LogP contribution >= 0.6 is 0 Å². The fourth-order valence-corrected chi connectivity index (χ4v) is 4.42. The van der Waals surface area contributed by atoms with Crippen LogP contribution in [0.5, 0.6) is 0 Å². The molecule has 2 aromatic carbocycles. The molecule has 0 saturated carbocycles. The molecule has 1 saturated heterocycles. The number of hydrogen-bond acceptors (Lipinski definition) is 4. The quantitative estimate of drug-likeness (QED) is 0.708. The average molecular weight is 429 g/mol. The zero-order valence-electron chi connectivity index (χ0n) is 17.5. The van der Waals surface area contributed by atoms with Gasteiger partial charge in [0, 0.05) is 30.6 Å². The van der Waals surface area contributed by atoms with E-state index in [0.717, 1.165) is 44.2 Å². The molecule has 0 atom stereocenters. The van der Waals surface area contributed by atoms with Crippen molar-refractivity contribution in [2.24, 2.45) is 0 Å². The molecule has 160 valence electrons. The number of piperidine rings is 1. The van der Waals surface area contributed by atoms with Gasteiger partial charge in [0.1, 0.15) is 6.54 Å². The Hall–Kier alpha value is -2.67. The van der Waals surface area contributed by atoms with Crippen LogP contribution in [0, 0.1) is 6.92 Å². The highest BCUT2D eigenvalue weighted by atomic mass is 32.2. The number of sulfone groups is 1. The van der Waals surface area contributed by atoms with Gasteiger partial charge in [0.15, 0.2) is 9.84 Å². The SMILES string of the molecule is Cc1ccc(N(CC(=O)N2CCCCC2)C(=O)c2cccc(CS(C)(=O)=O)c2)cc1. The Kier molecular flexibility index (Phi) is 6.92. The van der Waals surface area contributed by atoms with E-state index in [1.54, 1.807) is 24.3 Å². The lowest BCUT2D eigenvalue weighted by Gasteiger charge is -2.30. The summed E-state index contributed by atoms with van der Waals surface area (Å²) in [7, 11) is -3.22. The maximum absolute atomic E-state index is 13.4. The van der Waals surface area contributed by atoms with Crippen molar-refractivity contribution < 1.29 is 18.0 Å². The third kappa shape index (κ3) is 5.92. The van der Waals surface area contributed by atoms with Gasteiger partial charge in [0.05, 0.1) is 5.75 Å². The molecule has 0 aromatic heterocycles. The second-order valence-corrected chi connectivity index (χ2v) is 10.1. The summed E-state index contributed by atoms with van der Waals surface area (Å²) < 4.78 is 23.3. The van der Waals surface area contributed by atoms with Crippen LogP contribution in [0.15, 0.2) is 48.5 Å². The van der Waals surface area contributed by atoms with E-state index in [4.69, 9.17) is 0 Å². The topological polar surface area (TPSA) is 74.8 Å². The third-order valence-electron chi connectivity index (χ3n) is 5.20. The van der Waals surface area contributed by atoms with Crippen molar-refractivity contribution in [3.05, 3.63) is 65.2 Å². The first-order valence-corrected chi connectivity index (χ1v) is 12.2. The van der Waals surface area contributed by atoms with Gasteiger partial charge in [-0.05, 0) is 56.0 Å². The molecule has 0 radical (unpaired) electrons. The Labute approximate surface area is 178 Å². The maximum atomic E-state index is 13.4. The molecule has 0 N–H and O–H groups in total. The highest BCUT2D eigenvalue weighted by molar-refractivity contribution is 7.89. The highest BCUT2D eigenvalue weighted by Gasteiger charge is 2.25. The summed E-state index contributed by atoms with van der Waals surface area (Å²) in [6.07, 6.45) is 4.25. The summed E-state index contributed by atoms with van der Waals surface area (Å²) in [4.78, 5) is 29.6. The van der Waals surface area contributed by atoms with Gasteiger partial charge in [-0.1, -0.05) is 29.8 Å². The van der Waals surface area contributed by atoms with Gasteiger partial charge in [-0.15, -0.1) is 0 Å². The summed E-state index contributed by atoms with van der Waals surface area (Å²) >= 11 is 0. The molecule has 0 unspecified atom stereocenters. The molecule has 7 heteroatoms. The molecule has 2 amide bonds. The number of amides is 2. The van der Waals surface area contributed by atoms with E-state index in [9.17, 15) is 18.0 Å². The zero-order valence-corrected chi connectivity index (χ0v) is 18.3. The molecule has 1 aliphatic heterocycles. The molecule has 0 aliphatic carbocycles. The standard InChI is InChI=1S/C23H28N2O4S/c1-18-9-11-21(12-10-18)25(16-22(26)24-13-4-3-5-14-24)23(27)20-8-6-7-19(15-20)17-30(2,28)29/h6-12,15H,3-5,13-14,16-17H2,1-2H3. The number of aryl methyl sites for hydroxylation is 1. The first-order valence-electron chi connectivity index (χ1n) is 10.2. The van der Waals surface area contributed by atoms with Crippen LogP contribution in [0.2, 0.25) is 0 Å². The molecule has 1 fully saturated rings. The molecular formula is C23H28N2O4S. The number of hydrogen-bond donors (Lipinski definition) is 0. The molecule has 6 nitrogen and oxygen atoms in total. The minimum absolute atomic E-state index is 0.0435. The Bertz CT molecular complexity index is 1010. The molecule has 0 bridgehead atoms. The summed E-state index contributed by atoms with van der Waals surface area (Å²) in [6.45, 7) is 3.36. The van der Waals surface area contributed by atoms with Crippen molar-refractivity contribution in [2.75, 3.05) is 30.8 Å². The Morgan fingerprint density at radius 2 is 1.67 bits per heavy atom. The highest BCUT2D eigenvalue weighted by Crippen LogP contribution is 2.20. The first kappa shape index (κ1) is 22.0. The van der Waals surface area contributed by atoms with Crippen molar-refractivity contribution in [3.8, 4) is 0 Å². The van der Waals surface area contributed by atoms with Crippen LogP contribution in [0.3, 0.4) is 0 Å². The van der Waals surface area contributed by atoms with Crippen molar-refractivity contribution >= 4 is 27.3 Å². The fraction of sp³-hybridized carbons (Fsp3) is 0.391. The van der Waals surface area contributed by atoms with Crippen LogP contribution < -0.4 is 4.90 Å². The monoisotopic (exact) mass is 428 g/mol. The first-order chi connectivity index (χ1) is 14.2. The summed E-state index contributed by atoms with van der Waals surface area (Å²) in [5.41, 5.74) is 2.62. The van der Waals surface area contributed by atoms with Gasteiger partial charge < -0.3 is 4.90 Å².